The fraction of sp³-hybridized carbons (Fsp3) is 0.526. The fourth-order valence-electron chi connectivity index (χ4n) is 3.66. The maximum atomic E-state index is 13.0. The highest BCUT2D eigenvalue weighted by atomic mass is 16.5. The van der Waals surface area contributed by atoms with Crippen molar-refractivity contribution in [2.24, 2.45) is 5.92 Å². The molecule has 0 radical (unpaired) electrons. The van der Waals surface area contributed by atoms with Gasteiger partial charge in [0.15, 0.2) is 0 Å². The van der Waals surface area contributed by atoms with E-state index in [0.717, 1.165) is 5.56 Å². The molecule has 2 amide bonds. The first kappa shape index (κ1) is 18.4. The number of nitrogens with zero attached hydrogens (tertiary/aromatic N) is 2. The highest BCUT2D eigenvalue weighted by Crippen LogP contribution is 2.25. The second-order valence-electron chi connectivity index (χ2n) is 6.86. The van der Waals surface area contributed by atoms with Crippen LogP contribution in [0, 0.1) is 5.92 Å². The molecule has 1 N–H and O–H groups in total. The summed E-state index contributed by atoms with van der Waals surface area (Å²) in [4.78, 5) is 39.7. The summed E-state index contributed by atoms with van der Waals surface area (Å²) < 4.78 is 5.31. The van der Waals surface area contributed by atoms with Gasteiger partial charge in [0.05, 0.1) is 5.92 Å². The highest BCUT2D eigenvalue weighted by Gasteiger charge is 2.39. The van der Waals surface area contributed by atoms with Crippen molar-refractivity contribution < 1.29 is 24.2 Å². The maximum Gasteiger partial charge on any atom is 0.323 e. The summed E-state index contributed by atoms with van der Waals surface area (Å²) >= 11 is 0. The number of amides is 2. The van der Waals surface area contributed by atoms with E-state index in [1.807, 2.05) is 30.3 Å². The number of rotatable bonds is 6. The van der Waals surface area contributed by atoms with Crippen molar-refractivity contribution in [1.29, 1.82) is 0 Å². The third-order valence-corrected chi connectivity index (χ3v) is 5.00. The smallest absolute Gasteiger partial charge is 0.323 e. The summed E-state index contributed by atoms with van der Waals surface area (Å²) in [7, 11) is 0. The Kier molecular flexibility index (Phi) is 5.88. The van der Waals surface area contributed by atoms with Crippen LogP contribution in [0.1, 0.15) is 24.8 Å². The topological polar surface area (TPSA) is 87.2 Å². The summed E-state index contributed by atoms with van der Waals surface area (Å²) in [6, 6.07) is 9.50. The molecule has 2 saturated heterocycles. The Morgan fingerprint density at radius 3 is 2.54 bits per heavy atom. The molecule has 0 spiro atoms. The van der Waals surface area contributed by atoms with Crippen LogP contribution >= 0.6 is 0 Å². The van der Waals surface area contributed by atoms with Crippen LogP contribution in [-0.2, 0) is 25.7 Å². The third-order valence-electron chi connectivity index (χ3n) is 5.00. The van der Waals surface area contributed by atoms with Gasteiger partial charge in [-0.3, -0.25) is 14.4 Å². The third kappa shape index (κ3) is 4.40. The zero-order valence-electron chi connectivity index (χ0n) is 14.7. The highest BCUT2D eigenvalue weighted by molar-refractivity contribution is 5.90. The number of benzene rings is 1. The molecule has 1 atom stereocenters. The molecule has 0 bridgehead atoms. The van der Waals surface area contributed by atoms with Crippen LogP contribution in [0.15, 0.2) is 30.3 Å². The lowest BCUT2D eigenvalue weighted by Gasteiger charge is -2.34. The average Bonchev–Trinajstić information content (AvgIpc) is 3.01. The molecule has 0 saturated carbocycles. The Bertz CT molecular complexity index is 657. The van der Waals surface area contributed by atoms with E-state index in [0.29, 0.717) is 39.1 Å². The van der Waals surface area contributed by atoms with E-state index in [1.165, 1.54) is 4.90 Å². The van der Waals surface area contributed by atoms with Gasteiger partial charge in [-0.15, -0.1) is 0 Å². The molecule has 1 aromatic carbocycles. The molecule has 2 aliphatic rings. The monoisotopic (exact) mass is 360 g/mol. The number of aliphatic carboxylic acids is 1. The normalized spacial score (nSPS) is 21.0. The lowest BCUT2D eigenvalue weighted by atomic mass is 10.0. The summed E-state index contributed by atoms with van der Waals surface area (Å²) in [6.45, 7) is 1.54. The van der Waals surface area contributed by atoms with Gasteiger partial charge in [-0.1, -0.05) is 30.3 Å². The van der Waals surface area contributed by atoms with E-state index in [-0.39, 0.29) is 30.8 Å². The number of carbonyl (C=O) groups is 3. The van der Waals surface area contributed by atoms with E-state index in [4.69, 9.17) is 4.74 Å². The van der Waals surface area contributed by atoms with Crippen LogP contribution in [-0.4, -0.2) is 65.0 Å². The van der Waals surface area contributed by atoms with Crippen molar-refractivity contribution in [3.8, 4) is 0 Å². The molecule has 140 valence electrons. The molecule has 2 aliphatic heterocycles. The Balaban J connectivity index is 1.67. The summed E-state index contributed by atoms with van der Waals surface area (Å²) in [5.41, 5.74) is 1.01. The molecule has 2 heterocycles. The second kappa shape index (κ2) is 8.31. The van der Waals surface area contributed by atoms with Gasteiger partial charge in [-0.2, -0.15) is 0 Å². The van der Waals surface area contributed by atoms with Crippen LogP contribution < -0.4 is 0 Å². The van der Waals surface area contributed by atoms with Crippen LogP contribution in [0.2, 0.25) is 0 Å². The van der Waals surface area contributed by atoms with Crippen molar-refractivity contribution in [3.63, 3.8) is 0 Å². The number of carbonyl (C=O) groups excluding carboxylic acids is 2. The van der Waals surface area contributed by atoms with Crippen molar-refractivity contribution in [2.75, 3.05) is 26.3 Å². The Morgan fingerprint density at radius 2 is 1.88 bits per heavy atom. The minimum atomic E-state index is -1.03. The number of carboxylic acid groups (broad SMARTS) is 1. The molecule has 26 heavy (non-hydrogen) atoms. The van der Waals surface area contributed by atoms with E-state index in [9.17, 15) is 19.5 Å². The Hall–Kier alpha value is -2.41. The Labute approximate surface area is 152 Å². The first-order chi connectivity index (χ1) is 12.5. The van der Waals surface area contributed by atoms with Crippen LogP contribution in [0.4, 0.5) is 0 Å². The number of hydrogen-bond acceptors (Lipinski definition) is 4. The van der Waals surface area contributed by atoms with Crippen molar-refractivity contribution >= 4 is 17.8 Å². The zero-order chi connectivity index (χ0) is 18.5. The van der Waals surface area contributed by atoms with Gasteiger partial charge in [0.1, 0.15) is 6.54 Å². The lowest BCUT2D eigenvalue weighted by molar-refractivity contribution is -0.149. The predicted octanol–water partition coefficient (Wildman–Crippen LogP) is 1.13. The van der Waals surface area contributed by atoms with Crippen LogP contribution in [0.5, 0.6) is 0 Å². The van der Waals surface area contributed by atoms with Crippen LogP contribution in [0.25, 0.3) is 0 Å². The molecule has 1 unspecified atom stereocenters. The van der Waals surface area contributed by atoms with E-state index in [1.54, 1.807) is 4.90 Å². The van der Waals surface area contributed by atoms with Gasteiger partial charge < -0.3 is 19.6 Å². The quantitative estimate of drug-likeness (QED) is 0.822. The van der Waals surface area contributed by atoms with Gasteiger partial charge >= 0.3 is 5.97 Å². The minimum absolute atomic E-state index is 0.0607. The largest absolute Gasteiger partial charge is 0.480 e. The van der Waals surface area contributed by atoms with Crippen molar-refractivity contribution in [1.82, 2.24) is 9.80 Å². The lowest BCUT2D eigenvalue weighted by Crippen LogP contribution is -2.48. The number of hydrogen-bond donors (Lipinski definition) is 1. The van der Waals surface area contributed by atoms with E-state index < -0.39 is 11.9 Å². The minimum Gasteiger partial charge on any atom is -0.480 e. The molecular weight excluding hydrogens is 336 g/mol. The number of carboxylic acids is 1. The second-order valence-corrected chi connectivity index (χ2v) is 6.86. The fourth-order valence-corrected chi connectivity index (χ4v) is 3.66. The van der Waals surface area contributed by atoms with Gasteiger partial charge in [-0.25, -0.2) is 0 Å². The van der Waals surface area contributed by atoms with Gasteiger partial charge in [0, 0.05) is 38.8 Å². The molecule has 2 fully saturated rings. The summed E-state index contributed by atoms with van der Waals surface area (Å²) in [6.07, 6.45) is 1.41. The van der Waals surface area contributed by atoms with Gasteiger partial charge in [0.2, 0.25) is 11.8 Å². The van der Waals surface area contributed by atoms with Gasteiger partial charge in [0.25, 0.3) is 0 Å². The average molecular weight is 360 g/mol. The summed E-state index contributed by atoms with van der Waals surface area (Å²) in [5.74, 6) is -1.80. The number of ether oxygens (including phenoxy) is 1. The molecular formula is C19H24N2O5. The molecule has 0 aliphatic carbocycles. The molecule has 7 nitrogen and oxygen atoms in total. The zero-order valence-corrected chi connectivity index (χ0v) is 14.7. The first-order valence-electron chi connectivity index (χ1n) is 8.96. The predicted molar refractivity (Wildman–Crippen MR) is 93.2 cm³/mol. The van der Waals surface area contributed by atoms with E-state index in [2.05, 4.69) is 0 Å². The van der Waals surface area contributed by atoms with Crippen LogP contribution in [0.3, 0.4) is 0 Å². The van der Waals surface area contributed by atoms with E-state index >= 15 is 0 Å². The molecule has 0 aromatic heterocycles. The summed E-state index contributed by atoms with van der Waals surface area (Å²) in [5, 5.41) is 9.20. The van der Waals surface area contributed by atoms with Crippen molar-refractivity contribution in [3.05, 3.63) is 35.9 Å². The Morgan fingerprint density at radius 1 is 1.19 bits per heavy atom. The first-order valence-corrected chi connectivity index (χ1v) is 8.96. The maximum absolute atomic E-state index is 13.0. The standard InChI is InChI=1S/C19H24N2O5/c22-17-10-15(12-20(17)11-14-4-2-1-3-5-14)19(25)21(13-18(23)24)16-6-8-26-9-7-16/h1-5,15-16H,6-13H2,(H,23,24). The molecule has 7 heteroatoms. The SMILES string of the molecule is O=C(O)CN(C(=O)C1CC(=O)N(Cc2ccccc2)C1)C1CCOCC1. The van der Waals surface area contributed by atoms with Gasteiger partial charge in [-0.05, 0) is 18.4 Å². The molecule has 3 rings (SSSR count). The number of likely N-dealkylation sites (tertiary alicyclic amines) is 1. The molecule has 1 aromatic rings. The van der Waals surface area contributed by atoms with Crippen molar-refractivity contribution in [2.45, 2.75) is 31.8 Å².